The Morgan fingerprint density at radius 3 is 2.52 bits per heavy atom. The first kappa shape index (κ1) is 21.2. The predicted molar refractivity (Wildman–Crippen MR) is 107 cm³/mol. The summed E-state index contributed by atoms with van der Waals surface area (Å²) < 4.78 is 5.20. The zero-order valence-electron chi connectivity index (χ0n) is 16.9. The van der Waals surface area contributed by atoms with Gasteiger partial charge in [-0.1, -0.05) is 12.8 Å². The lowest BCUT2D eigenvalue weighted by Gasteiger charge is -2.23. The monoisotopic (exact) mass is 375 g/mol. The Morgan fingerprint density at radius 1 is 1.15 bits per heavy atom. The van der Waals surface area contributed by atoms with E-state index in [-0.39, 0.29) is 5.78 Å². The van der Waals surface area contributed by atoms with Gasteiger partial charge in [0.05, 0.1) is 5.56 Å². The molecule has 0 spiro atoms. The molecule has 0 saturated carbocycles. The molecule has 0 atom stereocenters. The van der Waals surface area contributed by atoms with E-state index in [1.807, 2.05) is 32.9 Å². The number of ether oxygens (including phenoxy) is 1. The summed E-state index contributed by atoms with van der Waals surface area (Å²) in [7, 11) is 0. The van der Waals surface area contributed by atoms with Gasteiger partial charge >= 0.3 is 6.09 Å². The van der Waals surface area contributed by atoms with E-state index in [9.17, 15) is 9.59 Å². The molecule has 1 aromatic rings. The van der Waals surface area contributed by atoms with Crippen LogP contribution in [-0.4, -0.2) is 42.1 Å². The van der Waals surface area contributed by atoms with Gasteiger partial charge in [0.15, 0.2) is 5.78 Å². The van der Waals surface area contributed by atoms with Crippen molar-refractivity contribution >= 4 is 17.7 Å². The molecule has 2 rings (SSSR count). The number of nitrogens with one attached hydrogen (secondary N) is 1. The van der Waals surface area contributed by atoms with Crippen molar-refractivity contribution in [1.82, 2.24) is 10.3 Å². The second kappa shape index (κ2) is 10.3. The van der Waals surface area contributed by atoms with Gasteiger partial charge in [-0.3, -0.25) is 4.79 Å². The molecule has 1 saturated heterocycles. The average Bonchev–Trinajstić information content (AvgIpc) is 2.89. The molecule has 2 heterocycles. The maximum atomic E-state index is 12.7. The molecular formula is C21H33N3O3. The van der Waals surface area contributed by atoms with Crippen molar-refractivity contribution in [2.75, 3.05) is 24.5 Å². The summed E-state index contributed by atoms with van der Waals surface area (Å²) in [4.78, 5) is 31.1. The summed E-state index contributed by atoms with van der Waals surface area (Å²) in [6, 6.07) is 3.72. The van der Waals surface area contributed by atoms with E-state index >= 15 is 0 Å². The van der Waals surface area contributed by atoms with Crippen molar-refractivity contribution in [3.63, 3.8) is 0 Å². The summed E-state index contributed by atoms with van der Waals surface area (Å²) in [6.07, 6.45) is 8.08. The van der Waals surface area contributed by atoms with Crippen LogP contribution in [0.4, 0.5) is 10.6 Å². The Hall–Kier alpha value is -2.11. The Kier molecular flexibility index (Phi) is 8.07. The van der Waals surface area contributed by atoms with Crippen LogP contribution in [0.3, 0.4) is 0 Å². The number of pyridine rings is 1. The third kappa shape index (κ3) is 7.57. The summed E-state index contributed by atoms with van der Waals surface area (Å²) in [5.41, 5.74) is 0.226. The molecular weight excluding hydrogens is 342 g/mol. The maximum Gasteiger partial charge on any atom is 0.407 e. The molecule has 27 heavy (non-hydrogen) atoms. The first-order chi connectivity index (χ1) is 12.9. The first-order valence-corrected chi connectivity index (χ1v) is 10.1. The van der Waals surface area contributed by atoms with Crippen LogP contribution in [-0.2, 0) is 4.74 Å². The minimum atomic E-state index is -0.496. The molecule has 1 N–H and O–H groups in total. The summed E-state index contributed by atoms with van der Waals surface area (Å²) in [5.74, 6) is 0.955. The largest absolute Gasteiger partial charge is 0.444 e. The zero-order chi connectivity index (χ0) is 19.7. The molecule has 0 unspecified atom stereocenters. The van der Waals surface area contributed by atoms with E-state index in [1.54, 1.807) is 6.20 Å². The van der Waals surface area contributed by atoms with Gasteiger partial charge in [-0.2, -0.15) is 0 Å². The maximum absolute atomic E-state index is 12.7. The van der Waals surface area contributed by atoms with Gasteiger partial charge in [0.1, 0.15) is 11.4 Å². The minimum absolute atomic E-state index is 0.125. The van der Waals surface area contributed by atoms with Crippen LogP contribution in [0.25, 0.3) is 0 Å². The second-order valence-electron chi connectivity index (χ2n) is 8.08. The van der Waals surface area contributed by atoms with Crippen LogP contribution in [0.5, 0.6) is 0 Å². The smallest absolute Gasteiger partial charge is 0.407 e. The van der Waals surface area contributed by atoms with Crippen molar-refractivity contribution in [3.8, 4) is 0 Å². The van der Waals surface area contributed by atoms with E-state index in [0.717, 1.165) is 50.2 Å². The van der Waals surface area contributed by atoms with Crippen LogP contribution in [0.2, 0.25) is 0 Å². The molecule has 1 aromatic heterocycles. The van der Waals surface area contributed by atoms with Gasteiger partial charge in [0.2, 0.25) is 0 Å². The SMILES string of the molecule is CC(C)(C)OC(=O)NCCCCC(=O)c1cccnc1N1CCCCCC1. The highest BCUT2D eigenvalue weighted by Gasteiger charge is 2.19. The topological polar surface area (TPSA) is 71.5 Å². The molecule has 0 aromatic carbocycles. The summed E-state index contributed by atoms with van der Waals surface area (Å²) in [5, 5.41) is 2.73. The van der Waals surface area contributed by atoms with Gasteiger partial charge in [-0.25, -0.2) is 9.78 Å². The highest BCUT2D eigenvalue weighted by Crippen LogP contribution is 2.23. The molecule has 0 radical (unpaired) electrons. The molecule has 150 valence electrons. The lowest BCUT2D eigenvalue weighted by molar-refractivity contribution is 0.0527. The van der Waals surface area contributed by atoms with Crippen LogP contribution < -0.4 is 10.2 Å². The number of carbonyl (C=O) groups excluding carboxylic acids is 2. The van der Waals surface area contributed by atoms with Crippen molar-refractivity contribution < 1.29 is 14.3 Å². The standard InChI is InChI=1S/C21H33N3O3/c1-21(2,3)27-20(26)23-13-7-6-12-18(25)17-11-10-14-22-19(17)24-15-8-4-5-9-16-24/h10-11,14H,4-9,12-13,15-16H2,1-3H3,(H,23,26). The number of anilines is 1. The highest BCUT2D eigenvalue weighted by molar-refractivity contribution is 6.00. The minimum Gasteiger partial charge on any atom is -0.444 e. The molecule has 6 heteroatoms. The molecule has 1 aliphatic heterocycles. The molecule has 6 nitrogen and oxygen atoms in total. The molecule has 0 aliphatic carbocycles. The van der Waals surface area contributed by atoms with Gasteiger partial charge in [0, 0.05) is 32.3 Å². The average molecular weight is 376 g/mol. The number of carbonyl (C=O) groups is 2. The van der Waals surface area contributed by atoms with Crippen LogP contribution >= 0.6 is 0 Å². The van der Waals surface area contributed by atoms with Crippen molar-refractivity contribution in [3.05, 3.63) is 23.9 Å². The highest BCUT2D eigenvalue weighted by atomic mass is 16.6. The van der Waals surface area contributed by atoms with E-state index in [2.05, 4.69) is 15.2 Å². The van der Waals surface area contributed by atoms with Crippen LogP contribution in [0.1, 0.15) is 76.1 Å². The lowest BCUT2D eigenvalue weighted by Crippen LogP contribution is -2.33. The second-order valence-corrected chi connectivity index (χ2v) is 8.08. The van der Waals surface area contributed by atoms with Crippen molar-refractivity contribution in [2.45, 2.75) is 71.3 Å². The van der Waals surface area contributed by atoms with Crippen molar-refractivity contribution in [2.24, 2.45) is 0 Å². The van der Waals surface area contributed by atoms with Crippen molar-refractivity contribution in [1.29, 1.82) is 0 Å². The number of rotatable bonds is 7. The summed E-state index contributed by atoms with van der Waals surface area (Å²) >= 11 is 0. The number of alkyl carbamates (subject to hydrolysis) is 1. The van der Waals surface area contributed by atoms with E-state index in [4.69, 9.17) is 4.74 Å². The lowest BCUT2D eigenvalue weighted by atomic mass is 10.1. The number of amides is 1. The number of Topliss-reactive ketones (excluding diaryl/α,β-unsaturated/α-hetero) is 1. The predicted octanol–water partition coefficient (Wildman–Crippen LogP) is 4.34. The van der Waals surface area contributed by atoms with Gasteiger partial charge in [-0.15, -0.1) is 0 Å². The number of aromatic nitrogens is 1. The quantitative estimate of drug-likeness (QED) is 0.567. The third-order valence-corrected chi connectivity index (χ3v) is 4.49. The Morgan fingerprint density at radius 2 is 1.85 bits per heavy atom. The van der Waals surface area contributed by atoms with E-state index in [1.165, 1.54) is 12.8 Å². The Balaban J connectivity index is 1.80. The molecule has 1 fully saturated rings. The third-order valence-electron chi connectivity index (χ3n) is 4.49. The number of hydrogen-bond donors (Lipinski definition) is 1. The first-order valence-electron chi connectivity index (χ1n) is 10.1. The fourth-order valence-corrected chi connectivity index (χ4v) is 3.20. The fourth-order valence-electron chi connectivity index (χ4n) is 3.20. The number of ketones is 1. The van der Waals surface area contributed by atoms with Crippen LogP contribution in [0, 0.1) is 0 Å². The Bertz CT molecular complexity index is 617. The Labute approximate surface area is 162 Å². The fraction of sp³-hybridized carbons (Fsp3) is 0.667. The zero-order valence-corrected chi connectivity index (χ0v) is 16.9. The van der Waals surface area contributed by atoms with E-state index in [0.29, 0.717) is 13.0 Å². The normalized spacial score (nSPS) is 15.1. The van der Waals surface area contributed by atoms with Gasteiger partial charge in [-0.05, 0) is 58.6 Å². The van der Waals surface area contributed by atoms with Gasteiger partial charge < -0.3 is 15.0 Å². The van der Waals surface area contributed by atoms with Crippen LogP contribution in [0.15, 0.2) is 18.3 Å². The number of hydrogen-bond acceptors (Lipinski definition) is 5. The van der Waals surface area contributed by atoms with Gasteiger partial charge in [0.25, 0.3) is 0 Å². The molecule has 1 amide bonds. The molecule has 0 bridgehead atoms. The number of unbranched alkanes of at least 4 members (excludes halogenated alkanes) is 1. The number of nitrogens with zero attached hydrogens (tertiary/aromatic N) is 2. The van der Waals surface area contributed by atoms with E-state index < -0.39 is 11.7 Å². The molecule has 1 aliphatic rings. The summed E-state index contributed by atoms with van der Waals surface area (Å²) in [6.45, 7) is 7.95.